The van der Waals surface area contributed by atoms with Crippen LogP contribution in [-0.4, -0.2) is 39.6 Å². The third kappa shape index (κ3) is 5.70. The zero-order chi connectivity index (χ0) is 18.8. The first-order chi connectivity index (χ1) is 12.7. The van der Waals surface area contributed by atoms with Crippen molar-refractivity contribution in [1.82, 2.24) is 0 Å². The predicted molar refractivity (Wildman–Crippen MR) is 99.3 cm³/mol. The van der Waals surface area contributed by atoms with E-state index in [2.05, 4.69) is 10.5 Å². The first kappa shape index (κ1) is 19.1. The Kier molecular flexibility index (Phi) is 7.30. The molecule has 7 nitrogen and oxygen atoms in total. The van der Waals surface area contributed by atoms with E-state index in [1.54, 1.807) is 25.3 Å². The molecule has 138 valence electrons. The van der Waals surface area contributed by atoms with Crippen LogP contribution in [0.1, 0.15) is 12.5 Å². The van der Waals surface area contributed by atoms with Crippen molar-refractivity contribution in [2.24, 2.45) is 5.16 Å². The molecule has 0 saturated carbocycles. The van der Waals surface area contributed by atoms with Gasteiger partial charge in [-0.05, 0) is 48.9 Å². The zero-order valence-electron chi connectivity index (χ0n) is 15.0. The molecule has 7 heteroatoms. The Balaban J connectivity index is 1.81. The van der Waals surface area contributed by atoms with E-state index in [0.717, 1.165) is 11.3 Å². The third-order valence-electron chi connectivity index (χ3n) is 3.33. The van der Waals surface area contributed by atoms with Crippen molar-refractivity contribution in [2.75, 3.05) is 32.8 Å². The molecule has 0 bridgehead atoms. The van der Waals surface area contributed by atoms with Crippen LogP contribution in [0.2, 0.25) is 0 Å². The molecule has 0 aromatic heterocycles. The van der Waals surface area contributed by atoms with Gasteiger partial charge in [-0.15, -0.1) is 0 Å². The van der Waals surface area contributed by atoms with Crippen molar-refractivity contribution >= 4 is 17.8 Å². The van der Waals surface area contributed by atoms with Gasteiger partial charge in [-0.1, -0.05) is 5.16 Å². The second-order valence-corrected chi connectivity index (χ2v) is 5.13. The Morgan fingerprint density at radius 1 is 1.08 bits per heavy atom. The van der Waals surface area contributed by atoms with E-state index in [-0.39, 0.29) is 12.5 Å². The fourth-order valence-electron chi connectivity index (χ4n) is 2.12. The van der Waals surface area contributed by atoms with Crippen molar-refractivity contribution in [3.8, 4) is 17.2 Å². The summed E-state index contributed by atoms with van der Waals surface area (Å²) in [5.74, 6) is 1.57. The van der Waals surface area contributed by atoms with Crippen LogP contribution in [0.4, 0.5) is 5.69 Å². The van der Waals surface area contributed by atoms with Gasteiger partial charge in [-0.3, -0.25) is 4.79 Å². The Hall–Kier alpha value is -3.22. The number of rotatable bonds is 9. The molecular weight excluding hydrogens is 336 g/mol. The summed E-state index contributed by atoms with van der Waals surface area (Å²) < 4.78 is 15.7. The molecule has 0 unspecified atom stereocenters. The van der Waals surface area contributed by atoms with Crippen LogP contribution in [0, 0.1) is 0 Å². The van der Waals surface area contributed by atoms with Gasteiger partial charge >= 0.3 is 0 Å². The number of nitrogens with zero attached hydrogens (tertiary/aromatic N) is 1. The normalized spacial score (nSPS) is 10.4. The maximum atomic E-state index is 11.9. The molecule has 2 aromatic carbocycles. The minimum absolute atomic E-state index is 0.206. The third-order valence-corrected chi connectivity index (χ3v) is 3.33. The number of ether oxygens (including phenoxy) is 3. The average Bonchev–Trinajstić information content (AvgIpc) is 2.66. The highest BCUT2D eigenvalue weighted by molar-refractivity contribution is 5.92. The van der Waals surface area contributed by atoms with E-state index >= 15 is 0 Å². The molecule has 0 saturated heterocycles. The minimum atomic E-state index is -0.332. The maximum absolute atomic E-state index is 11.9. The van der Waals surface area contributed by atoms with Crippen molar-refractivity contribution in [1.29, 1.82) is 0 Å². The monoisotopic (exact) mass is 358 g/mol. The first-order valence-corrected chi connectivity index (χ1v) is 8.06. The van der Waals surface area contributed by atoms with Gasteiger partial charge in [0.25, 0.3) is 5.91 Å². The fourth-order valence-corrected chi connectivity index (χ4v) is 2.12. The highest BCUT2D eigenvalue weighted by atomic mass is 16.6. The number of anilines is 1. The van der Waals surface area contributed by atoms with Crippen LogP contribution in [-0.2, 0) is 9.63 Å². The molecule has 0 aliphatic heterocycles. The smallest absolute Gasteiger partial charge is 0.265 e. The molecular formula is C19H22N2O5. The van der Waals surface area contributed by atoms with E-state index in [4.69, 9.17) is 19.0 Å². The SMILES string of the molecule is CCOc1ccc(/C=N/OCC(=O)Nc2ccc(OC)c(OC)c2)cc1. The molecule has 0 aliphatic carbocycles. The van der Waals surface area contributed by atoms with Crippen molar-refractivity contribution in [3.63, 3.8) is 0 Å². The summed E-state index contributed by atoms with van der Waals surface area (Å²) >= 11 is 0. The van der Waals surface area contributed by atoms with E-state index in [0.29, 0.717) is 23.8 Å². The predicted octanol–water partition coefficient (Wildman–Crippen LogP) is 3.09. The number of methoxy groups -OCH3 is 2. The first-order valence-electron chi connectivity index (χ1n) is 8.06. The Bertz CT molecular complexity index is 744. The van der Waals surface area contributed by atoms with Crippen molar-refractivity contribution in [3.05, 3.63) is 48.0 Å². The molecule has 26 heavy (non-hydrogen) atoms. The summed E-state index contributed by atoms with van der Waals surface area (Å²) in [7, 11) is 3.08. The lowest BCUT2D eigenvalue weighted by Gasteiger charge is -2.10. The molecule has 0 radical (unpaired) electrons. The molecule has 0 aliphatic rings. The number of amides is 1. The van der Waals surface area contributed by atoms with Crippen LogP contribution >= 0.6 is 0 Å². The lowest BCUT2D eigenvalue weighted by atomic mass is 10.2. The van der Waals surface area contributed by atoms with E-state index in [9.17, 15) is 4.79 Å². The fraction of sp³-hybridized carbons (Fsp3) is 0.263. The number of carbonyl (C=O) groups excluding carboxylic acids is 1. The summed E-state index contributed by atoms with van der Waals surface area (Å²) in [6.07, 6.45) is 1.53. The van der Waals surface area contributed by atoms with Crippen LogP contribution in [0.15, 0.2) is 47.6 Å². The van der Waals surface area contributed by atoms with Crippen molar-refractivity contribution < 1.29 is 23.8 Å². The summed E-state index contributed by atoms with van der Waals surface area (Å²) in [6.45, 7) is 2.34. The van der Waals surface area contributed by atoms with Crippen LogP contribution in [0.5, 0.6) is 17.2 Å². The Morgan fingerprint density at radius 3 is 2.46 bits per heavy atom. The molecule has 2 rings (SSSR count). The van der Waals surface area contributed by atoms with Gasteiger partial charge in [0.15, 0.2) is 18.1 Å². The highest BCUT2D eigenvalue weighted by Crippen LogP contribution is 2.29. The second kappa shape index (κ2) is 9.93. The molecule has 0 spiro atoms. The number of hydrogen-bond donors (Lipinski definition) is 1. The zero-order valence-corrected chi connectivity index (χ0v) is 15.0. The number of nitrogens with one attached hydrogen (secondary N) is 1. The Morgan fingerprint density at radius 2 is 1.81 bits per heavy atom. The molecule has 0 atom stereocenters. The van der Waals surface area contributed by atoms with Crippen LogP contribution in [0.25, 0.3) is 0 Å². The largest absolute Gasteiger partial charge is 0.494 e. The van der Waals surface area contributed by atoms with E-state index in [1.165, 1.54) is 13.3 Å². The molecule has 0 fully saturated rings. The minimum Gasteiger partial charge on any atom is -0.494 e. The van der Waals surface area contributed by atoms with Gasteiger partial charge in [-0.2, -0.15) is 0 Å². The topological polar surface area (TPSA) is 78.4 Å². The average molecular weight is 358 g/mol. The van der Waals surface area contributed by atoms with Gasteiger partial charge in [0.2, 0.25) is 0 Å². The number of carbonyl (C=O) groups is 1. The molecule has 0 heterocycles. The van der Waals surface area contributed by atoms with E-state index in [1.807, 2.05) is 31.2 Å². The number of oxime groups is 1. The molecule has 1 N–H and O–H groups in total. The Labute approximate surface area is 152 Å². The quantitative estimate of drug-likeness (QED) is 0.550. The van der Waals surface area contributed by atoms with Gasteiger partial charge in [0.05, 0.1) is 27.0 Å². The lowest BCUT2D eigenvalue weighted by Crippen LogP contribution is -2.17. The lowest BCUT2D eigenvalue weighted by molar-refractivity contribution is -0.120. The summed E-state index contributed by atoms with van der Waals surface area (Å²) in [5, 5.41) is 6.49. The second-order valence-electron chi connectivity index (χ2n) is 5.13. The van der Waals surface area contributed by atoms with Crippen LogP contribution in [0.3, 0.4) is 0 Å². The highest BCUT2D eigenvalue weighted by Gasteiger charge is 2.07. The number of hydrogen-bond acceptors (Lipinski definition) is 6. The summed E-state index contributed by atoms with van der Waals surface area (Å²) in [5.41, 5.74) is 1.42. The molecule has 2 aromatic rings. The van der Waals surface area contributed by atoms with Crippen LogP contribution < -0.4 is 19.5 Å². The van der Waals surface area contributed by atoms with Crippen molar-refractivity contribution in [2.45, 2.75) is 6.92 Å². The van der Waals surface area contributed by atoms with Gasteiger partial charge in [0, 0.05) is 11.8 Å². The standard InChI is InChI=1S/C19H22N2O5/c1-4-25-16-8-5-14(6-9-16)12-20-26-13-19(22)21-15-7-10-17(23-2)18(11-15)24-3/h5-12H,4,13H2,1-3H3,(H,21,22)/b20-12+. The van der Waals surface area contributed by atoms with Gasteiger partial charge < -0.3 is 24.4 Å². The summed E-state index contributed by atoms with van der Waals surface area (Å²) in [6, 6.07) is 12.5. The van der Waals surface area contributed by atoms with E-state index < -0.39 is 0 Å². The van der Waals surface area contributed by atoms with Gasteiger partial charge in [0.1, 0.15) is 5.75 Å². The summed E-state index contributed by atoms with van der Waals surface area (Å²) in [4.78, 5) is 16.9. The molecule has 1 amide bonds. The maximum Gasteiger partial charge on any atom is 0.265 e. The van der Waals surface area contributed by atoms with Gasteiger partial charge in [-0.25, -0.2) is 0 Å². The number of benzene rings is 2.